The molecule has 5 heteroatoms. The second-order valence-corrected chi connectivity index (χ2v) is 6.82. The minimum Gasteiger partial charge on any atom is -0.392 e. The number of nitrogens with one attached hydrogen (secondary N) is 1. The first-order chi connectivity index (χ1) is 11.2. The van der Waals surface area contributed by atoms with E-state index in [0.29, 0.717) is 0 Å². The third-order valence-corrected chi connectivity index (χ3v) is 5.15. The van der Waals surface area contributed by atoms with Crippen LogP contribution in [0.3, 0.4) is 0 Å². The summed E-state index contributed by atoms with van der Waals surface area (Å²) in [6.07, 6.45) is 5.56. The van der Waals surface area contributed by atoms with Gasteiger partial charge in [0.25, 0.3) is 0 Å². The van der Waals surface area contributed by atoms with Crippen LogP contribution in [0.15, 0.2) is 53.7 Å². The number of aliphatic hydroxyl groups excluding tert-OH is 1. The summed E-state index contributed by atoms with van der Waals surface area (Å²) in [5.74, 6) is 0.522. The summed E-state index contributed by atoms with van der Waals surface area (Å²) in [4.78, 5) is 17.4. The van der Waals surface area contributed by atoms with Crippen molar-refractivity contribution >= 4 is 23.4 Å². The molecule has 2 unspecified atom stereocenters. The number of carbonyl (C=O) groups excluding carboxylic acids is 1. The van der Waals surface area contributed by atoms with Crippen molar-refractivity contribution in [3.05, 3.63) is 54.4 Å². The Morgan fingerprint density at radius 2 is 2.09 bits per heavy atom. The molecule has 1 fully saturated rings. The van der Waals surface area contributed by atoms with E-state index in [1.807, 2.05) is 36.5 Å². The Labute approximate surface area is 140 Å². The summed E-state index contributed by atoms with van der Waals surface area (Å²) in [6.45, 7) is 0. The molecule has 1 aliphatic carbocycles. The molecular weight excluding hydrogens is 308 g/mol. The Balaban J connectivity index is 1.53. The molecule has 1 aromatic heterocycles. The van der Waals surface area contributed by atoms with Crippen LogP contribution >= 0.6 is 11.8 Å². The van der Waals surface area contributed by atoms with Crippen LogP contribution in [0.5, 0.6) is 0 Å². The molecule has 2 N–H and O–H groups in total. The maximum atomic E-state index is 12.1. The topological polar surface area (TPSA) is 62.2 Å². The molecule has 0 spiro atoms. The summed E-state index contributed by atoms with van der Waals surface area (Å²) in [5.41, 5.74) is 1.96. The van der Waals surface area contributed by atoms with E-state index in [0.717, 1.165) is 35.6 Å². The highest BCUT2D eigenvalue weighted by molar-refractivity contribution is 7.98. The van der Waals surface area contributed by atoms with Gasteiger partial charge in [-0.1, -0.05) is 6.07 Å². The van der Waals surface area contributed by atoms with E-state index in [-0.39, 0.29) is 11.8 Å². The van der Waals surface area contributed by atoms with Gasteiger partial charge in [-0.25, -0.2) is 0 Å². The van der Waals surface area contributed by atoms with Crippen molar-refractivity contribution in [1.29, 1.82) is 0 Å². The smallest absolute Gasteiger partial charge is 0.230 e. The van der Waals surface area contributed by atoms with E-state index in [1.54, 1.807) is 18.0 Å². The number of hydrogen-bond donors (Lipinski definition) is 2. The molecule has 0 radical (unpaired) electrons. The Morgan fingerprint density at radius 3 is 2.74 bits per heavy atom. The summed E-state index contributed by atoms with van der Waals surface area (Å²) in [6, 6.07) is 11.8. The first-order valence-corrected chi connectivity index (χ1v) is 8.81. The number of aromatic nitrogens is 1. The Kier molecular flexibility index (Phi) is 5.31. The minimum atomic E-state index is -0.496. The van der Waals surface area contributed by atoms with Crippen LogP contribution in [0.2, 0.25) is 0 Å². The van der Waals surface area contributed by atoms with Gasteiger partial charge in [-0.15, -0.1) is 11.8 Å². The molecule has 3 rings (SSSR count). The van der Waals surface area contributed by atoms with Crippen molar-refractivity contribution < 1.29 is 9.90 Å². The van der Waals surface area contributed by atoms with Crippen molar-refractivity contribution in [2.75, 3.05) is 5.32 Å². The van der Waals surface area contributed by atoms with E-state index in [1.165, 1.54) is 5.56 Å². The number of thioether (sulfide) groups is 1. The highest BCUT2D eigenvalue weighted by atomic mass is 32.2. The summed E-state index contributed by atoms with van der Waals surface area (Å²) >= 11 is 1.73. The maximum Gasteiger partial charge on any atom is 0.230 e. The monoisotopic (exact) mass is 328 g/mol. The van der Waals surface area contributed by atoms with Crippen LogP contribution in [0.25, 0.3) is 0 Å². The molecule has 1 aliphatic rings. The lowest BCUT2D eigenvalue weighted by molar-refractivity contribution is -0.122. The predicted molar refractivity (Wildman–Crippen MR) is 92.2 cm³/mol. The second kappa shape index (κ2) is 7.62. The van der Waals surface area contributed by atoms with Crippen LogP contribution < -0.4 is 5.32 Å². The number of rotatable bonds is 5. The van der Waals surface area contributed by atoms with Crippen molar-refractivity contribution in [3.8, 4) is 0 Å². The summed E-state index contributed by atoms with van der Waals surface area (Å²) in [5, 5.41) is 12.7. The van der Waals surface area contributed by atoms with Gasteiger partial charge in [0.15, 0.2) is 0 Å². The zero-order valence-electron chi connectivity index (χ0n) is 12.8. The molecular formula is C18H20N2O2S. The van der Waals surface area contributed by atoms with Crippen LogP contribution in [-0.4, -0.2) is 22.1 Å². The van der Waals surface area contributed by atoms with E-state index < -0.39 is 6.10 Å². The molecule has 1 heterocycles. The van der Waals surface area contributed by atoms with Crippen molar-refractivity contribution in [2.24, 2.45) is 5.92 Å². The molecule has 2 aromatic rings. The number of aliphatic hydroxyl groups is 1. The highest BCUT2D eigenvalue weighted by Gasteiger charge is 2.31. The maximum absolute atomic E-state index is 12.1. The predicted octanol–water partition coefficient (Wildman–Crippen LogP) is 3.47. The molecule has 2 atom stereocenters. The molecule has 1 saturated carbocycles. The number of amides is 1. The van der Waals surface area contributed by atoms with E-state index >= 15 is 0 Å². The van der Waals surface area contributed by atoms with Gasteiger partial charge in [-0.05, 0) is 55.2 Å². The Morgan fingerprint density at radius 1 is 1.26 bits per heavy atom. The molecule has 23 heavy (non-hydrogen) atoms. The summed E-state index contributed by atoms with van der Waals surface area (Å²) < 4.78 is 0. The highest BCUT2D eigenvalue weighted by Crippen LogP contribution is 2.28. The lowest BCUT2D eigenvalue weighted by Gasteiger charge is -2.14. The van der Waals surface area contributed by atoms with Gasteiger partial charge in [-0.2, -0.15) is 0 Å². The lowest BCUT2D eigenvalue weighted by Crippen LogP contribution is -2.28. The van der Waals surface area contributed by atoms with Gasteiger partial charge < -0.3 is 10.4 Å². The van der Waals surface area contributed by atoms with Gasteiger partial charge >= 0.3 is 0 Å². The second-order valence-electron chi connectivity index (χ2n) is 5.77. The molecule has 1 aromatic carbocycles. The molecule has 1 amide bonds. The standard InChI is InChI=1S/C18H20N2O2S/c21-17-5-1-4-16(17)18(22)20-14-6-8-15(9-7-14)23-12-13-3-2-10-19-11-13/h2-3,6-11,16-17,21H,1,4-5,12H2,(H,20,22). The first-order valence-electron chi connectivity index (χ1n) is 7.83. The third kappa shape index (κ3) is 4.33. The van der Waals surface area contributed by atoms with Crippen LogP contribution in [-0.2, 0) is 10.5 Å². The number of carbonyl (C=O) groups is 1. The lowest BCUT2D eigenvalue weighted by atomic mass is 10.1. The average Bonchev–Trinajstić information content (AvgIpc) is 3.01. The number of hydrogen-bond acceptors (Lipinski definition) is 4. The minimum absolute atomic E-state index is 0.0780. The largest absolute Gasteiger partial charge is 0.392 e. The van der Waals surface area contributed by atoms with E-state index in [9.17, 15) is 9.90 Å². The Hall–Kier alpha value is -1.85. The SMILES string of the molecule is O=C(Nc1ccc(SCc2cccnc2)cc1)C1CCCC1O. The molecule has 4 nitrogen and oxygen atoms in total. The molecule has 0 aliphatic heterocycles. The van der Waals surface area contributed by atoms with E-state index in [2.05, 4.69) is 16.4 Å². The number of anilines is 1. The van der Waals surface area contributed by atoms with Gasteiger partial charge in [0.1, 0.15) is 0 Å². The third-order valence-electron chi connectivity index (χ3n) is 4.07. The fourth-order valence-electron chi connectivity index (χ4n) is 2.77. The van der Waals surface area contributed by atoms with E-state index in [4.69, 9.17) is 0 Å². The first kappa shape index (κ1) is 16.0. The summed E-state index contributed by atoms with van der Waals surface area (Å²) in [7, 11) is 0. The van der Waals surface area contributed by atoms with Crippen molar-refractivity contribution in [2.45, 2.75) is 36.0 Å². The van der Waals surface area contributed by atoms with Gasteiger partial charge in [-0.3, -0.25) is 9.78 Å². The number of pyridine rings is 1. The number of benzene rings is 1. The van der Waals surface area contributed by atoms with Gasteiger partial charge in [0.2, 0.25) is 5.91 Å². The zero-order valence-corrected chi connectivity index (χ0v) is 13.6. The molecule has 120 valence electrons. The van der Waals surface area contributed by atoms with Gasteiger partial charge in [0.05, 0.1) is 12.0 Å². The number of nitrogens with zero attached hydrogens (tertiary/aromatic N) is 1. The zero-order chi connectivity index (χ0) is 16.1. The average molecular weight is 328 g/mol. The Bertz CT molecular complexity index is 646. The van der Waals surface area contributed by atoms with Crippen molar-refractivity contribution in [1.82, 2.24) is 4.98 Å². The van der Waals surface area contributed by atoms with Crippen molar-refractivity contribution in [3.63, 3.8) is 0 Å². The van der Waals surface area contributed by atoms with Crippen LogP contribution in [0.4, 0.5) is 5.69 Å². The van der Waals surface area contributed by atoms with Crippen LogP contribution in [0, 0.1) is 5.92 Å². The van der Waals surface area contributed by atoms with Gasteiger partial charge in [0, 0.05) is 28.7 Å². The van der Waals surface area contributed by atoms with Crippen LogP contribution in [0.1, 0.15) is 24.8 Å². The normalized spacial score (nSPS) is 20.4. The fourth-order valence-corrected chi connectivity index (χ4v) is 3.60. The fraction of sp³-hybridized carbons (Fsp3) is 0.333. The quantitative estimate of drug-likeness (QED) is 0.825. The molecule has 0 saturated heterocycles. The molecule has 0 bridgehead atoms.